The topological polar surface area (TPSA) is 72.2 Å². The number of thioether (sulfide) groups is 1. The first-order chi connectivity index (χ1) is 12.6. The lowest BCUT2D eigenvalue weighted by molar-refractivity contribution is -0.118. The number of rotatable bonds is 8. The molecular weight excluding hydrogens is 348 g/mol. The third-order valence-corrected chi connectivity index (χ3v) is 4.72. The van der Waals surface area contributed by atoms with E-state index in [1.807, 2.05) is 48.5 Å². The second-order valence-electron chi connectivity index (χ2n) is 5.94. The van der Waals surface area contributed by atoms with Crippen LogP contribution in [0.15, 0.2) is 58.2 Å². The van der Waals surface area contributed by atoms with Gasteiger partial charge in [-0.15, -0.1) is 0 Å². The molecule has 6 heteroatoms. The van der Waals surface area contributed by atoms with Gasteiger partial charge >= 0.3 is 0 Å². The number of amides is 1. The van der Waals surface area contributed by atoms with E-state index in [9.17, 15) is 9.59 Å². The maximum atomic E-state index is 12.3. The van der Waals surface area contributed by atoms with Crippen LogP contribution in [0.4, 0.5) is 0 Å². The largest absolute Gasteiger partial charge is 0.431 e. The average Bonchev–Trinajstić information content (AvgIpc) is 3.06. The summed E-state index contributed by atoms with van der Waals surface area (Å²) in [5.41, 5.74) is 3.36. The molecule has 134 valence electrons. The number of ketones is 1. The fourth-order valence-electron chi connectivity index (χ4n) is 2.54. The molecule has 0 aliphatic rings. The van der Waals surface area contributed by atoms with Gasteiger partial charge in [0.25, 0.3) is 5.22 Å². The van der Waals surface area contributed by atoms with Gasteiger partial charge < -0.3 is 9.73 Å². The van der Waals surface area contributed by atoms with Gasteiger partial charge in [-0.2, -0.15) is 0 Å². The number of Topliss-reactive ketones (excluding diaryl/α,β-unsaturated/α-hetero) is 1. The Morgan fingerprint density at radius 3 is 2.62 bits per heavy atom. The summed E-state index contributed by atoms with van der Waals surface area (Å²) in [4.78, 5) is 27.5. The first-order valence-electron chi connectivity index (χ1n) is 8.47. The molecular formula is C20H20N2O3S. The molecule has 5 nitrogen and oxygen atoms in total. The van der Waals surface area contributed by atoms with E-state index in [0.29, 0.717) is 17.3 Å². The lowest BCUT2D eigenvalue weighted by atomic mass is 10.1. The normalized spacial score (nSPS) is 10.8. The summed E-state index contributed by atoms with van der Waals surface area (Å²) in [6.07, 6.45) is 1.74. The maximum absolute atomic E-state index is 12.3. The zero-order valence-electron chi connectivity index (χ0n) is 14.5. The average molecular weight is 368 g/mol. The molecule has 0 radical (unpaired) electrons. The summed E-state index contributed by atoms with van der Waals surface area (Å²) in [5, 5.41) is 3.29. The van der Waals surface area contributed by atoms with E-state index in [2.05, 4.69) is 10.3 Å². The van der Waals surface area contributed by atoms with Gasteiger partial charge in [0, 0.05) is 19.0 Å². The molecule has 1 N–H and O–H groups in total. The Hall–Kier alpha value is -2.60. The van der Waals surface area contributed by atoms with Crippen LogP contribution in [0.5, 0.6) is 0 Å². The number of fused-ring (bicyclic) bond motifs is 1. The van der Waals surface area contributed by atoms with Crippen LogP contribution in [0, 0.1) is 0 Å². The standard InChI is InChI=1S/C20H20N2O3S/c1-14(23)21-12-4-5-15-8-10-16(11-9-15)18(24)13-26-20-22-17-6-2-3-7-19(17)25-20/h2-3,6-11H,4-5,12-13H2,1H3,(H,21,23). The number of aryl methyl sites for hydroxylation is 1. The van der Waals surface area contributed by atoms with Gasteiger partial charge in [0.05, 0.1) is 5.75 Å². The molecule has 0 saturated carbocycles. The zero-order chi connectivity index (χ0) is 18.4. The Labute approximate surface area is 156 Å². The second-order valence-corrected chi connectivity index (χ2v) is 6.87. The molecule has 0 unspecified atom stereocenters. The number of aromatic nitrogens is 1. The summed E-state index contributed by atoms with van der Waals surface area (Å²) < 4.78 is 5.61. The van der Waals surface area contributed by atoms with Crippen LogP contribution in [-0.4, -0.2) is 29.0 Å². The number of carbonyl (C=O) groups is 2. The van der Waals surface area contributed by atoms with E-state index in [-0.39, 0.29) is 17.4 Å². The summed E-state index contributed by atoms with van der Waals surface area (Å²) in [7, 11) is 0. The van der Waals surface area contributed by atoms with E-state index < -0.39 is 0 Å². The van der Waals surface area contributed by atoms with Crippen molar-refractivity contribution < 1.29 is 14.0 Å². The minimum absolute atomic E-state index is 0.0117. The predicted molar refractivity (Wildman–Crippen MR) is 103 cm³/mol. The molecule has 3 aromatic rings. The van der Waals surface area contributed by atoms with Gasteiger partial charge in [-0.1, -0.05) is 48.2 Å². The van der Waals surface area contributed by atoms with Gasteiger partial charge in [-0.25, -0.2) is 4.98 Å². The first-order valence-corrected chi connectivity index (χ1v) is 9.45. The van der Waals surface area contributed by atoms with Crippen LogP contribution >= 0.6 is 11.8 Å². The fraction of sp³-hybridized carbons (Fsp3) is 0.250. The Kier molecular flexibility index (Phi) is 6.07. The van der Waals surface area contributed by atoms with Crippen molar-refractivity contribution in [1.29, 1.82) is 0 Å². The van der Waals surface area contributed by atoms with E-state index in [1.54, 1.807) is 0 Å². The Morgan fingerprint density at radius 2 is 1.88 bits per heavy atom. The molecule has 26 heavy (non-hydrogen) atoms. The zero-order valence-corrected chi connectivity index (χ0v) is 15.3. The van der Waals surface area contributed by atoms with Crippen LogP contribution < -0.4 is 5.32 Å². The maximum Gasteiger partial charge on any atom is 0.257 e. The highest BCUT2D eigenvalue weighted by Gasteiger charge is 2.11. The predicted octanol–water partition coefficient (Wildman–Crippen LogP) is 3.87. The number of nitrogens with zero attached hydrogens (tertiary/aromatic N) is 1. The van der Waals surface area contributed by atoms with Crippen molar-refractivity contribution in [3.8, 4) is 0 Å². The molecule has 2 aromatic carbocycles. The quantitative estimate of drug-likeness (QED) is 0.371. The summed E-state index contributed by atoms with van der Waals surface area (Å²) in [6.45, 7) is 2.18. The van der Waals surface area contributed by atoms with E-state index in [1.165, 1.54) is 18.7 Å². The molecule has 0 spiro atoms. The van der Waals surface area contributed by atoms with Gasteiger partial charge in [0.15, 0.2) is 11.4 Å². The van der Waals surface area contributed by atoms with Gasteiger partial charge in [-0.3, -0.25) is 9.59 Å². The highest BCUT2D eigenvalue weighted by molar-refractivity contribution is 7.99. The molecule has 0 aliphatic heterocycles. The minimum Gasteiger partial charge on any atom is -0.431 e. The SMILES string of the molecule is CC(=O)NCCCc1ccc(C(=O)CSc2nc3ccccc3o2)cc1. The summed E-state index contributed by atoms with van der Waals surface area (Å²) in [6, 6.07) is 15.2. The van der Waals surface area contributed by atoms with Gasteiger partial charge in [-0.05, 0) is 30.5 Å². The second kappa shape index (κ2) is 8.67. The van der Waals surface area contributed by atoms with E-state index in [0.717, 1.165) is 29.5 Å². The van der Waals surface area contributed by atoms with E-state index in [4.69, 9.17) is 4.42 Å². The first kappa shape index (κ1) is 18.2. The molecule has 1 aromatic heterocycles. The van der Waals surface area contributed by atoms with Crippen molar-refractivity contribution in [2.45, 2.75) is 25.0 Å². The van der Waals surface area contributed by atoms with Crippen molar-refractivity contribution in [3.63, 3.8) is 0 Å². The van der Waals surface area contributed by atoms with Crippen LogP contribution in [-0.2, 0) is 11.2 Å². The van der Waals surface area contributed by atoms with Crippen LogP contribution in [0.2, 0.25) is 0 Å². The Balaban J connectivity index is 1.50. The third kappa shape index (κ3) is 4.95. The lowest BCUT2D eigenvalue weighted by Gasteiger charge is -2.04. The highest BCUT2D eigenvalue weighted by Crippen LogP contribution is 2.23. The molecule has 0 atom stereocenters. The number of para-hydroxylation sites is 2. The fourth-order valence-corrected chi connectivity index (χ4v) is 3.27. The third-order valence-electron chi connectivity index (χ3n) is 3.89. The number of hydrogen-bond acceptors (Lipinski definition) is 5. The number of hydrogen-bond donors (Lipinski definition) is 1. The number of benzene rings is 2. The highest BCUT2D eigenvalue weighted by atomic mass is 32.2. The summed E-state index contributed by atoms with van der Waals surface area (Å²) >= 11 is 1.31. The van der Waals surface area contributed by atoms with Crippen molar-refractivity contribution in [2.24, 2.45) is 0 Å². The molecule has 1 heterocycles. The Morgan fingerprint density at radius 1 is 1.12 bits per heavy atom. The smallest absolute Gasteiger partial charge is 0.257 e. The number of nitrogens with one attached hydrogen (secondary N) is 1. The van der Waals surface area contributed by atoms with E-state index >= 15 is 0 Å². The number of oxazole rings is 1. The van der Waals surface area contributed by atoms with Crippen molar-refractivity contribution in [1.82, 2.24) is 10.3 Å². The molecule has 0 saturated heterocycles. The molecule has 1 amide bonds. The van der Waals surface area contributed by atoms with Gasteiger partial charge in [0.2, 0.25) is 5.91 Å². The molecule has 0 aliphatic carbocycles. The monoisotopic (exact) mass is 368 g/mol. The molecule has 0 bridgehead atoms. The van der Waals surface area contributed by atoms with Crippen LogP contribution in [0.1, 0.15) is 29.3 Å². The lowest BCUT2D eigenvalue weighted by Crippen LogP contribution is -2.21. The summed E-state index contributed by atoms with van der Waals surface area (Å²) in [5.74, 6) is 0.318. The molecule has 0 fully saturated rings. The number of carbonyl (C=O) groups excluding carboxylic acids is 2. The van der Waals surface area contributed by atoms with Gasteiger partial charge in [0.1, 0.15) is 5.52 Å². The Bertz CT molecular complexity index is 870. The van der Waals surface area contributed by atoms with Crippen LogP contribution in [0.3, 0.4) is 0 Å². The minimum atomic E-state index is -0.0117. The molecule has 3 rings (SSSR count). The van der Waals surface area contributed by atoms with Crippen molar-refractivity contribution in [2.75, 3.05) is 12.3 Å². The van der Waals surface area contributed by atoms with Crippen LogP contribution in [0.25, 0.3) is 11.1 Å². The van der Waals surface area contributed by atoms with Crippen molar-refractivity contribution in [3.05, 3.63) is 59.7 Å². The van der Waals surface area contributed by atoms with Crippen molar-refractivity contribution >= 4 is 34.6 Å².